The van der Waals surface area contributed by atoms with Crippen molar-refractivity contribution in [3.8, 4) is 22.4 Å². The molecule has 0 radical (unpaired) electrons. The first-order chi connectivity index (χ1) is 19.0. The minimum atomic E-state index is -5.20. The first-order valence-electron chi connectivity index (χ1n) is 12.4. The van der Waals surface area contributed by atoms with E-state index in [4.69, 9.17) is 0 Å². The Labute approximate surface area is 247 Å². The molecule has 0 spiro atoms. The molecule has 2 aliphatic heterocycles. The molecule has 1 unspecified atom stereocenters. The van der Waals surface area contributed by atoms with Crippen molar-refractivity contribution in [2.75, 3.05) is 6.54 Å². The van der Waals surface area contributed by atoms with E-state index in [2.05, 4.69) is 39.6 Å². The Kier molecular flexibility index (Phi) is 8.94. The van der Waals surface area contributed by atoms with Gasteiger partial charge in [-0.3, -0.25) is 0 Å². The van der Waals surface area contributed by atoms with Gasteiger partial charge in [0, 0.05) is 12.7 Å². The Bertz CT molecular complexity index is 1530. The molecule has 10 heteroatoms. The van der Waals surface area contributed by atoms with Crippen LogP contribution in [0.25, 0.3) is 27.7 Å². The second-order valence-corrected chi connectivity index (χ2v) is 9.29. The van der Waals surface area contributed by atoms with Gasteiger partial charge in [-0.1, -0.05) is 36.8 Å². The van der Waals surface area contributed by atoms with Crippen molar-refractivity contribution in [2.24, 2.45) is 0 Å². The number of aryl methyl sites for hydroxylation is 1. The fraction of sp³-hybridized carbons (Fsp3) is 0.194. The molecule has 0 N–H and O–H groups in total. The molecule has 0 fully saturated rings. The Hall–Kier alpha value is -3.62. The largest absolute Gasteiger partial charge is 3.00 e. The molecule has 3 heterocycles. The van der Waals surface area contributed by atoms with Crippen LogP contribution in [0, 0.1) is 19.1 Å². The molecule has 0 saturated heterocycles. The van der Waals surface area contributed by atoms with E-state index in [1.165, 1.54) is 17.3 Å². The number of halogens is 6. The molecule has 1 aromatic heterocycles. The van der Waals surface area contributed by atoms with E-state index in [0.29, 0.717) is 17.2 Å². The molecule has 41 heavy (non-hydrogen) atoms. The Balaban J connectivity index is 0.000000229. The van der Waals surface area contributed by atoms with Gasteiger partial charge in [0.25, 0.3) is 0 Å². The summed E-state index contributed by atoms with van der Waals surface area (Å²) in [6.07, 6.45) is -3.65. The predicted octanol–water partition coefficient (Wildman–Crippen LogP) is 8.76. The summed E-state index contributed by atoms with van der Waals surface area (Å²) in [7, 11) is 0. The first-order valence-corrected chi connectivity index (χ1v) is 12.4. The molecule has 3 aromatic carbocycles. The van der Waals surface area contributed by atoms with E-state index in [1.807, 2.05) is 18.3 Å². The van der Waals surface area contributed by atoms with Crippen LogP contribution >= 0.6 is 0 Å². The fourth-order valence-electron chi connectivity index (χ4n) is 4.83. The van der Waals surface area contributed by atoms with E-state index in [9.17, 15) is 26.3 Å². The van der Waals surface area contributed by atoms with Gasteiger partial charge in [-0.15, -0.1) is 23.8 Å². The molecule has 0 saturated carbocycles. The number of benzene rings is 3. The maximum atomic E-state index is 13.2. The summed E-state index contributed by atoms with van der Waals surface area (Å²) in [4.78, 5) is 6.38. The Morgan fingerprint density at radius 1 is 0.927 bits per heavy atom. The minimum Gasteiger partial charge on any atom is -0.668 e. The van der Waals surface area contributed by atoms with Crippen molar-refractivity contribution >= 4 is 0 Å². The molecular formula is C31H22F6IrN3. The zero-order valence-corrected chi connectivity index (χ0v) is 23.9. The van der Waals surface area contributed by atoms with Crippen LogP contribution < -0.4 is 0 Å². The van der Waals surface area contributed by atoms with Crippen LogP contribution in [0.15, 0.2) is 85.3 Å². The van der Waals surface area contributed by atoms with E-state index in [1.54, 1.807) is 43.3 Å². The van der Waals surface area contributed by atoms with E-state index in [0.717, 1.165) is 24.6 Å². The third-order valence-electron chi connectivity index (χ3n) is 6.69. The number of pyridine rings is 1. The molecule has 0 amide bonds. The Morgan fingerprint density at radius 2 is 1.68 bits per heavy atom. The summed E-state index contributed by atoms with van der Waals surface area (Å²) < 4.78 is 78.6. The van der Waals surface area contributed by atoms with Crippen molar-refractivity contribution in [3.05, 3.63) is 131 Å². The van der Waals surface area contributed by atoms with Crippen LogP contribution in [0.3, 0.4) is 0 Å². The van der Waals surface area contributed by atoms with Crippen LogP contribution in [0.5, 0.6) is 0 Å². The fourth-order valence-corrected chi connectivity index (χ4v) is 4.83. The number of hydrogen-bond acceptors (Lipinski definition) is 2. The van der Waals surface area contributed by atoms with Crippen LogP contribution in [0.1, 0.15) is 34.0 Å². The number of nitrogens with zero attached hydrogens (tertiary/aromatic N) is 3. The average Bonchev–Trinajstić information content (AvgIpc) is 3.42. The average molecular weight is 743 g/mol. The van der Waals surface area contributed by atoms with E-state index < -0.39 is 23.5 Å². The number of hydrogen-bond donors (Lipinski definition) is 0. The zero-order chi connectivity index (χ0) is 28.5. The van der Waals surface area contributed by atoms with Crippen molar-refractivity contribution in [1.82, 2.24) is 9.88 Å². The van der Waals surface area contributed by atoms with Crippen LogP contribution in [0.4, 0.5) is 26.3 Å². The van der Waals surface area contributed by atoms with Gasteiger partial charge >= 0.3 is 32.5 Å². The number of fused-ring (bicyclic) bond motifs is 3. The zero-order valence-electron chi connectivity index (χ0n) is 21.5. The predicted molar refractivity (Wildman–Crippen MR) is 140 cm³/mol. The van der Waals surface area contributed by atoms with Crippen molar-refractivity contribution in [1.29, 1.82) is 0 Å². The first kappa shape index (κ1) is 30.3. The van der Waals surface area contributed by atoms with Gasteiger partial charge in [0.05, 0.1) is 0 Å². The molecule has 212 valence electrons. The maximum Gasteiger partial charge on any atom is 3.00 e. The van der Waals surface area contributed by atoms with Crippen molar-refractivity contribution < 1.29 is 46.4 Å². The van der Waals surface area contributed by atoms with Gasteiger partial charge in [0.1, 0.15) is 0 Å². The van der Waals surface area contributed by atoms with Gasteiger partial charge in [-0.25, -0.2) is 0 Å². The number of aromatic nitrogens is 1. The SMILES string of the molecule is Cc1ccnc(-c2[c-]c(C(F)(F)F)c(C(F)(F)F)cc2)c1-c1ccccc1.[Ir+3].[c-]1cccc2c1C1[N-]C=CN1CC2. The summed E-state index contributed by atoms with van der Waals surface area (Å²) in [5, 5.41) is 4.41. The molecule has 0 aliphatic carbocycles. The molecular weight excluding hydrogens is 721 g/mol. The van der Waals surface area contributed by atoms with Gasteiger partial charge in [-0.05, 0) is 58.9 Å². The molecule has 3 nitrogen and oxygen atoms in total. The molecule has 6 rings (SSSR count). The van der Waals surface area contributed by atoms with Gasteiger partial charge in [0.15, 0.2) is 0 Å². The molecule has 2 aliphatic rings. The smallest absolute Gasteiger partial charge is 0.668 e. The second-order valence-electron chi connectivity index (χ2n) is 9.29. The van der Waals surface area contributed by atoms with Crippen LogP contribution in [0.2, 0.25) is 0 Å². The van der Waals surface area contributed by atoms with Crippen molar-refractivity contribution in [2.45, 2.75) is 31.9 Å². The standard InChI is InChI=1S/C20H12F6N.C11H10N2.Ir/c1-12-9-10-27-18(17(12)13-5-3-2-4-6-13)14-7-8-15(19(21,22)23)16(11-14)20(24,25)26;1-2-4-10-9(3-1)5-7-13-8-6-12-11(10)13;/h2-10H,1H3;1-3,6,8,11H,5,7H2;/q-1;-2;+3. The summed E-state index contributed by atoms with van der Waals surface area (Å²) in [5.74, 6) is 0. The molecule has 0 bridgehead atoms. The second kappa shape index (κ2) is 12.1. The van der Waals surface area contributed by atoms with Gasteiger partial charge in [0.2, 0.25) is 0 Å². The number of alkyl halides is 6. The molecule has 1 atom stereocenters. The van der Waals surface area contributed by atoms with E-state index >= 15 is 0 Å². The third-order valence-corrected chi connectivity index (χ3v) is 6.69. The van der Waals surface area contributed by atoms with E-state index in [-0.39, 0.29) is 37.5 Å². The monoisotopic (exact) mass is 743 g/mol. The quantitative estimate of drug-likeness (QED) is 0.152. The number of rotatable bonds is 2. The third kappa shape index (κ3) is 6.49. The summed E-state index contributed by atoms with van der Waals surface area (Å²) in [6.45, 7) is 2.83. The normalized spacial score (nSPS) is 15.6. The van der Waals surface area contributed by atoms with Crippen LogP contribution in [-0.4, -0.2) is 16.4 Å². The van der Waals surface area contributed by atoms with Gasteiger partial charge < -0.3 is 15.2 Å². The molecule has 4 aromatic rings. The maximum absolute atomic E-state index is 13.2. The summed E-state index contributed by atoms with van der Waals surface area (Å²) in [5.41, 5.74) is 0.978. The van der Waals surface area contributed by atoms with Crippen LogP contribution in [-0.2, 0) is 38.9 Å². The summed E-state index contributed by atoms with van der Waals surface area (Å²) >= 11 is 0. The topological polar surface area (TPSA) is 30.2 Å². The van der Waals surface area contributed by atoms with Crippen molar-refractivity contribution in [3.63, 3.8) is 0 Å². The minimum absolute atomic E-state index is 0. The Morgan fingerprint density at radius 3 is 2.39 bits per heavy atom. The van der Waals surface area contributed by atoms with Gasteiger partial charge in [-0.2, -0.15) is 67.9 Å². The summed E-state index contributed by atoms with van der Waals surface area (Å²) in [6, 6.07) is 23.2.